The number of non-ortho nitro benzene ring substituents is 2. The van der Waals surface area contributed by atoms with Crippen LogP contribution in [0.25, 0.3) is 24.3 Å². The number of hydrogen-bond acceptors (Lipinski definition) is 4. The second kappa shape index (κ2) is 8.55. The van der Waals surface area contributed by atoms with E-state index in [-0.39, 0.29) is 11.4 Å². The van der Waals surface area contributed by atoms with E-state index in [9.17, 15) is 20.2 Å². The SMILES string of the molecule is O=[N+]([O-])c1ccc(C=Cc2ccccc2C=Cc2ccc([N+](=O)[O-])cc2)cc1. The van der Waals surface area contributed by atoms with Crippen molar-refractivity contribution in [3.8, 4) is 0 Å². The van der Waals surface area contributed by atoms with Gasteiger partial charge in [-0.1, -0.05) is 48.6 Å². The molecule has 0 aromatic heterocycles. The maximum Gasteiger partial charge on any atom is 0.269 e. The molecule has 6 heteroatoms. The zero-order valence-electron chi connectivity index (χ0n) is 14.8. The van der Waals surface area contributed by atoms with Crippen LogP contribution in [0.3, 0.4) is 0 Å². The smallest absolute Gasteiger partial charge is 0.258 e. The fourth-order valence-electron chi connectivity index (χ4n) is 2.60. The van der Waals surface area contributed by atoms with Crippen LogP contribution < -0.4 is 0 Å². The highest BCUT2D eigenvalue weighted by molar-refractivity contribution is 5.79. The average molecular weight is 372 g/mol. The monoisotopic (exact) mass is 372 g/mol. The molecular weight excluding hydrogens is 356 g/mol. The Labute approximate surface area is 161 Å². The van der Waals surface area contributed by atoms with Gasteiger partial charge in [0.15, 0.2) is 0 Å². The minimum atomic E-state index is -0.425. The molecule has 0 radical (unpaired) electrons. The molecule has 3 aromatic carbocycles. The van der Waals surface area contributed by atoms with Crippen molar-refractivity contribution in [3.63, 3.8) is 0 Å². The van der Waals surface area contributed by atoms with Crippen LogP contribution in [-0.2, 0) is 0 Å². The highest BCUT2D eigenvalue weighted by atomic mass is 16.6. The molecule has 0 amide bonds. The van der Waals surface area contributed by atoms with Crippen molar-refractivity contribution in [1.82, 2.24) is 0 Å². The summed E-state index contributed by atoms with van der Waals surface area (Å²) < 4.78 is 0. The van der Waals surface area contributed by atoms with Gasteiger partial charge in [0.25, 0.3) is 11.4 Å². The summed E-state index contributed by atoms with van der Waals surface area (Å²) in [5, 5.41) is 21.4. The second-order valence-corrected chi connectivity index (χ2v) is 5.99. The molecule has 0 fully saturated rings. The fraction of sp³-hybridized carbons (Fsp3) is 0. The van der Waals surface area contributed by atoms with Crippen LogP contribution >= 0.6 is 0 Å². The van der Waals surface area contributed by atoms with Gasteiger partial charge in [0.05, 0.1) is 9.85 Å². The van der Waals surface area contributed by atoms with Crippen LogP contribution in [0.15, 0.2) is 72.8 Å². The molecule has 0 saturated carbocycles. The van der Waals surface area contributed by atoms with Crippen molar-refractivity contribution in [2.45, 2.75) is 0 Å². The molecule has 0 unspecified atom stereocenters. The van der Waals surface area contributed by atoms with Gasteiger partial charge in [-0.25, -0.2) is 0 Å². The van der Waals surface area contributed by atoms with Crippen LogP contribution in [0.1, 0.15) is 22.3 Å². The van der Waals surface area contributed by atoms with Crippen LogP contribution in [-0.4, -0.2) is 9.85 Å². The Kier molecular flexibility index (Phi) is 5.72. The Balaban J connectivity index is 1.78. The summed E-state index contributed by atoms with van der Waals surface area (Å²) in [6, 6.07) is 20.5. The summed E-state index contributed by atoms with van der Waals surface area (Å²) in [4.78, 5) is 20.6. The standard InChI is InChI=1S/C22H16N2O4/c25-23(26)21-13-7-17(8-14-21)5-11-19-3-1-2-4-20(19)12-6-18-9-15-22(16-10-18)24(27)28/h1-16H. The van der Waals surface area contributed by atoms with E-state index in [1.165, 1.54) is 24.3 Å². The van der Waals surface area contributed by atoms with Gasteiger partial charge < -0.3 is 0 Å². The molecular formula is C22H16N2O4. The van der Waals surface area contributed by atoms with Crippen molar-refractivity contribution < 1.29 is 9.85 Å². The van der Waals surface area contributed by atoms with E-state index in [4.69, 9.17) is 0 Å². The highest BCUT2D eigenvalue weighted by Gasteiger charge is 2.03. The molecule has 0 saturated heterocycles. The van der Waals surface area contributed by atoms with Crippen molar-refractivity contribution in [2.24, 2.45) is 0 Å². The predicted octanol–water partition coefficient (Wildman–Crippen LogP) is 5.84. The lowest BCUT2D eigenvalue weighted by atomic mass is 10.0. The van der Waals surface area contributed by atoms with Gasteiger partial charge in [0, 0.05) is 24.3 Å². The number of nitro groups is 2. The lowest BCUT2D eigenvalue weighted by Gasteiger charge is -2.01. The Hall–Kier alpha value is -4.06. The molecule has 0 aliphatic rings. The van der Waals surface area contributed by atoms with Gasteiger partial charge in [0.2, 0.25) is 0 Å². The van der Waals surface area contributed by atoms with E-state index < -0.39 is 9.85 Å². The molecule has 0 aliphatic heterocycles. The summed E-state index contributed by atoms with van der Waals surface area (Å²) in [6.07, 6.45) is 7.66. The van der Waals surface area contributed by atoms with Crippen molar-refractivity contribution in [2.75, 3.05) is 0 Å². The zero-order chi connectivity index (χ0) is 19.9. The summed E-state index contributed by atoms with van der Waals surface area (Å²) in [7, 11) is 0. The van der Waals surface area contributed by atoms with Gasteiger partial charge in [-0.3, -0.25) is 20.2 Å². The molecule has 0 atom stereocenters. The number of nitro benzene ring substituents is 2. The third-order valence-corrected chi connectivity index (χ3v) is 4.11. The maximum absolute atomic E-state index is 10.7. The minimum absolute atomic E-state index is 0.0589. The van der Waals surface area contributed by atoms with E-state index in [0.29, 0.717) is 0 Å². The molecule has 0 N–H and O–H groups in total. The number of hydrogen-bond donors (Lipinski definition) is 0. The molecule has 0 spiro atoms. The molecule has 3 aromatic rings. The highest BCUT2D eigenvalue weighted by Crippen LogP contribution is 2.19. The first-order chi connectivity index (χ1) is 13.5. The van der Waals surface area contributed by atoms with Crippen LogP contribution in [0, 0.1) is 20.2 Å². The van der Waals surface area contributed by atoms with Crippen LogP contribution in [0.2, 0.25) is 0 Å². The van der Waals surface area contributed by atoms with E-state index >= 15 is 0 Å². The molecule has 6 nitrogen and oxygen atoms in total. The summed E-state index contributed by atoms with van der Waals surface area (Å²) in [5.41, 5.74) is 3.81. The summed E-state index contributed by atoms with van der Waals surface area (Å²) >= 11 is 0. The van der Waals surface area contributed by atoms with Gasteiger partial charge in [-0.05, 0) is 46.5 Å². The van der Waals surface area contributed by atoms with Gasteiger partial charge in [0.1, 0.15) is 0 Å². The zero-order valence-corrected chi connectivity index (χ0v) is 14.8. The third-order valence-electron chi connectivity index (χ3n) is 4.11. The first kappa shape index (κ1) is 18.7. The van der Waals surface area contributed by atoms with E-state index in [1.807, 2.05) is 48.6 Å². The normalized spacial score (nSPS) is 11.1. The Morgan fingerprint density at radius 3 is 1.21 bits per heavy atom. The summed E-state index contributed by atoms with van der Waals surface area (Å²) in [5.74, 6) is 0. The Morgan fingerprint density at radius 2 is 0.893 bits per heavy atom. The van der Waals surface area contributed by atoms with E-state index in [2.05, 4.69) is 0 Å². The molecule has 0 bridgehead atoms. The Bertz CT molecular complexity index is 966. The van der Waals surface area contributed by atoms with Gasteiger partial charge in [-0.15, -0.1) is 0 Å². The molecule has 28 heavy (non-hydrogen) atoms. The van der Waals surface area contributed by atoms with Crippen LogP contribution in [0.4, 0.5) is 11.4 Å². The topological polar surface area (TPSA) is 86.3 Å². The summed E-state index contributed by atoms with van der Waals surface area (Å²) in [6.45, 7) is 0. The minimum Gasteiger partial charge on any atom is -0.258 e. The number of benzene rings is 3. The third kappa shape index (κ3) is 4.76. The Morgan fingerprint density at radius 1 is 0.536 bits per heavy atom. The number of nitrogens with zero attached hydrogens (tertiary/aromatic N) is 2. The lowest BCUT2D eigenvalue weighted by molar-refractivity contribution is -0.385. The fourth-order valence-corrected chi connectivity index (χ4v) is 2.60. The molecule has 138 valence electrons. The first-order valence-corrected chi connectivity index (χ1v) is 8.47. The maximum atomic E-state index is 10.7. The van der Waals surface area contributed by atoms with Gasteiger partial charge in [-0.2, -0.15) is 0 Å². The molecule has 0 heterocycles. The number of rotatable bonds is 6. The molecule has 3 rings (SSSR count). The lowest BCUT2D eigenvalue weighted by Crippen LogP contribution is -1.87. The van der Waals surface area contributed by atoms with Gasteiger partial charge >= 0.3 is 0 Å². The quantitative estimate of drug-likeness (QED) is 0.309. The predicted molar refractivity (Wildman–Crippen MR) is 110 cm³/mol. The van der Waals surface area contributed by atoms with Crippen molar-refractivity contribution in [1.29, 1.82) is 0 Å². The van der Waals surface area contributed by atoms with E-state index in [0.717, 1.165) is 22.3 Å². The van der Waals surface area contributed by atoms with Crippen LogP contribution in [0.5, 0.6) is 0 Å². The first-order valence-electron chi connectivity index (χ1n) is 8.47. The largest absolute Gasteiger partial charge is 0.269 e. The molecule has 0 aliphatic carbocycles. The van der Waals surface area contributed by atoms with E-state index in [1.54, 1.807) is 24.3 Å². The second-order valence-electron chi connectivity index (χ2n) is 5.99. The average Bonchev–Trinajstić information content (AvgIpc) is 2.72. The van der Waals surface area contributed by atoms with Crippen molar-refractivity contribution >= 4 is 35.7 Å². The van der Waals surface area contributed by atoms with Crippen molar-refractivity contribution in [3.05, 3.63) is 115 Å².